The quantitative estimate of drug-likeness (QED) is 0.798. The second-order valence-corrected chi connectivity index (χ2v) is 4.24. The van der Waals surface area contributed by atoms with Crippen molar-refractivity contribution in [1.29, 1.82) is 0 Å². The summed E-state index contributed by atoms with van der Waals surface area (Å²) in [5, 5.41) is 19.7. The number of nitrogens with one attached hydrogen (secondary N) is 1. The van der Waals surface area contributed by atoms with E-state index >= 15 is 0 Å². The Morgan fingerprint density at radius 1 is 1.50 bits per heavy atom. The van der Waals surface area contributed by atoms with Crippen LogP contribution in [0.25, 0.3) is 0 Å². The van der Waals surface area contributed by atoms with Gasteiger partial charge in [0.1, 0.15) is 5.82 Å². The normalized spacial score (nSPS) is 23.6. The molecule has 1 aromatic rings. The van der Waals surface area contributed by atoms with Crippen LogP contribution in [-0.4, -0.2) is 28.3 Å². The summed E-state index contributed by atoms with van der Waals surface area (Å²) < 4.78 is 0. The zero-order chi connectivity index (χ0) is 11.5. The molecule has 86 valence electrons. The van der Waals surface area contributed by atoms with E-state index in [9.17, 15) is 4.79 Å². The summed E-state index contributed by atoms with van der Waals surface area (Å²) in [6.07, 6.45) is 2.37. The lowest BCUT2D eigenvalue weighted by atomic mass is 9.73. The van der Waals surface area contributed by atoms with E-state index in [0.717, 1.165) is 30.8 Å². The maximum absolute atomic E-state index is 10.6. The van der Waals surface area contributed by atoms with Crippen LogP contribution in [0.4, 0.5) is 5.82 Å². The molecule has 1 aromatic heterocycles. The van der Waals surface area contributed by atoms with Gasteiger partial charge in [-0.15, -0.1) is 5.10 Å². The van der Waals surface area contributed by atoms with Crippen molar-refractivity contribution in [1.82, 2.24) is 10.2 Å². The fraction of sp³-hybridized carbons (Fsp3) is 0.545. The number of hydrogen-bond acceptors (Lipinski definition) is 4. The Hall–Kier alpha value is -1.65. The van der Waals surface area contributed by atoms with Crippen molar-refractivity contribution >= 4 is 11.8 Å². The monoisotopic (exact) mass is 221 g/mol. The largest absolute Gasteiger partial charge is 0.481 e. The van der Waals surface area contributed by atoms with E-state index in [4.69, 9.17) is 5.11 Å². The third-order valence-corrected chi connectivity index (χ3v) is 3.06. The van der Waals surface area contributed by atoms with Crippen LogP contribution in [0.3, 0.4) is 0 Å². The second kappa shape index (κ2) is 4.47. The first-order valence-corrected chi connectivity index (χ1v) is 5.42. The molecule has 0 atom stereocenters. The number of carboxylic acid groups (broad SMARTS) is 1. The van der Waals surface area contributed by atoms with Crippen molar-refractivity contribution in [3.8, 4) is 0 Å². The van der Waals surface area contributed by atoms with Crippen molar-refractivity contribution < 1.29 is 9.90 Å². The van der Waals surface area contributed by atoms with Crippen LogP contribution in [0.2, 0.25) is 0 Å². The molecule has 1 aliphatic carbocycles. The molecule has 5 heteroatoms. The molecule has 0 unspecified atom stereocenters. The number of anilines is 1. The molecule has 5 nitrogen and oxygen atoms in total. The standard InChI is InChI=1S/C11H15N3O2/c1-12-10-3-2-9(13-14-10)6-7-4-8(5-7)11(15)16/h2-3,7-8H,4-6H2,1H3,(H,12,14)(H,15,16). The lowest BCUT2D eigenvalue weighted by molar-refractivity contribution is -0.146. The van der Waals surface area contributed by atoms with E-state index in [0.29, 0.717) is 5.92 Å². The smallest absolute Gasteiger partial charge is 0.306 e. The Morgan fingerprint density at radius 2 is 2.25 bits per heavy atom. The Morgan fingerprint density at radius 3 is 2.75 bits per heavy atom. The van der Waals surface area contributed by atoms with Crippen LogP contribution >= 0.6 is 0 Å². The maximum atomic E-state index is 10.6. The SMILES string of the molecule is CNc1ccc(CC2CC(C(=O)O)C2)nn1. The summed E-state index contributed by atoms with van der Waals surface area (Å²) in [5.74, 6) is 0.388. The number of aromatic nitrogens is 2. The zero-order valence-electron chi connectivity index (χ0n) is 9.18. The van der Waals surface area contributed by atoms with E-state index in [1.54, 1.807) is 7.05 Å². The van der Waals surface area contributed by atoms with Crippen LogP contribution in [0.1, 0.15) is 18.5 Å². The fourth-order valence-corrected chi connectivity index (χ4v) is 2.00. The number of nitrogens with zero attached hydrogens (tertiary/aromatic N) is 2. The van der Waals surface area contributed by atoms with Gasteiger partial charge in [0.25, 0.3) is 0 Å². The average Bonchev–Trinajstić information content (AvgIpc) is 2.23. The number of rotatable bonds is 4. The van der Waals surface area contributed by atoms with Crippen LogP contribution in [-0.2, 0) is 11.2 Å². The number of aliphatic carboxylic acids is 1. The molecule has 0 aliphatic heterocycles. The molecule has 0 spiro atoms. The maximum Gasteiger partial charge on any atom is 0.306 e. The van der Waals surface area contributed by atoms with E-state index in [2.05, 4.69) is 15.5 Å². The Bertz CT molecular complexity index is 371. The molecule has 0 radical (unpaired) electrons. The van der Waals surface area contributed by atoms with Crippen LogP contribution in [0.15, 0.2) is 12.1 Å². The Balaban J connectivity index is 1.84. The van der Waals surface area contributed by atoms with Gasteiger partial charge >= 0.3 is 5.97 Å². The number of carboxylic acids is 1. The molecule has 0 bridgehead atoms. The van der Waals surface area contributed by atoms with Gasteiger partial charge in [0, 0.05) is 7.05 Å². The molecule has 1 saturated carbocycles. The van der Waals surface area contributed by atoms with Crippen LogP contribution in [0, 0.1) is 11.8 Å². The van der Waals surface area contributed by atoms with Gasteiger partial charge in [-0.25, -0.2) is 0 Å². The van der Waals surface area contributed by atoms with Gasteiger partial charge in [-0.1, -0.05) is 0 Å². The van der Waals surface area contributed by atoms with E-state index in [-0.39, 0.29) is 5.92 Å². The van der Waals surface area contributed by atoms with E-state index in [1.165, 1.54) is 0 Å². The third-order valence-electron chi connectivity index (χ3n) is 3.06. The minimum absolute atomic E-state index is 0.144. The van der Waals surface area contributed by atoms with Gasteiger partial charge in [0.2, 0.25) is 0 Å². The predicted molar refractivity (Wildman–Crippen MR) is 59.1 cm³/mol. The summed E-state index contributed by atoms with van der Waals surface area (Å²) in [4.78, 5) is 10.6. The number of carbonyl (C=O) groups is 1. The van der Waals surface area contributed by atoms with Crippen molar-refractivity contribution in [2.45, 2.75) is 19.3 Å². The van der Waals surface area contributed by atoms with Crippen molar-refractivity contribution in [3.05, 3.63) is 17.8 Å². The molecule has 1 fully saturated rings. The Kier molecular flexibility index (Phi) is 3.03. The first kappa shape index (κ1) is 10.9. The first-order valence-electron chi connectivity index (χ1n) is 5.42. The van der Waals surface area contributed by atoms with Gasteiger partial charge in [-0.05, 0) is 37.3 Å². The van der Waals surface area contributed by atoms with E-state index in [1.807, 2.05) is 12.1 Å². The minimum Gasteiger partial charge on any atom is -0.481 e. The molecule has 0 amide bonds. The lowest BCUT2D eigenvalue weighted by Crippen LogP contribution is -2.31. The van der Waals surface area contributed by atoms with Crippen LogP contribution in [0.5, 0.6) is 0 Å². The van der Waals surface area contributed by atoms with Crippen LogP contribution < -0.4 is 5.32 Å². The first-order chi connectivity index (χ1) is 7.69. The topological polar surface area (TPSA) is 75.1 Å². The molecule has 0 saturated heterocycles. The highest BCUT2D eigenvalue weighted by Gasteiger charge is 2.34. The highest BCUT2D eigenvalue weighted by atomic mass is 16.4. The highest BCUT2D eigenvalue weighted by Crippen LogP contribution is 2.35. The van der Waals surface area contributed by atoms with Gasteiger partial charge in [-0.3, -0.25) is 4.79 Å². The predicted octanol–water partition coefficient (Wildman–Crippen LogP) is 1.17. The van der Waals surface area contributed by atoms with Gasteiger partial charge < -0.3 is 10.4 Å². The van der Waals surface area contributed by atoms with Gasteiger partial charge in [-0.2, -0.15) is 5.10 Å². The van der Waals surface area contributed by atoms with Gasteiger partial charge in [0.05, 0.1) is 11.6 Å². The van der Waals surface area contributed by atoms with E-state index < -0.39 is 5.97 Å². The summed E-state index contributed by atoms with van der Waals surface area (Å²) in [5.41, 5.74) is 0.938. The molecule has 16 heavy (non-hydrogen) atoms. The molecular formula is C11H15N3O2. The summed E-state index contributed by atoms with van der Waals surface area (Å²) in [6, 6.07) is 3.82. The number of hydrogen-bond donors (Lipinski definition) is 2. The summed E-state index contributed by atoms with van der Waals surface area (Å²) >= 11 is 0. The fourth-order valence-electron chi connectivity index (χ4n) is 2.00. The molecular weight excluding hydrogens is 206 g/mol. The summed E-state index contributed by atoms with van der Waals surface area (Å²) in [7, 11) is 1.80. The molecule has 0 aromatic carbocycles. The zero-order valence-corrected chi connectivity index (χ0v) is 9.18. The molecule has 1 heterocycles. The Labute approximate surface area is 93.9 Å². The highest BCUT2D eigenvalue weighted by molar-refractivity contribution is 5.71. The van der Waals surface area contributed by atoms with Crippen molar-refractivity contribution in [2.24, 2.45) is 11.8 Å². The third kappa shape index (κ3) is 2.29. The second-order valence-electron chi connectivity index (χ2n) is 4.24. The summed E-state index contributed by atoms with van der Waals surface area (Å²) in [6.45, 7) is 0. The molecule has 2 rings (SSSR count). The minimum atomic E-state index is -0.673. The van der Waals surface area contributed by atoms with Crippen molar-refractivity contribution in [2.75, 3.05) is 12.4 Å². The average molecular weight is 221 g/mol. The van der Waals surface area contributed by atoms with Crippen molar-refractivity contribution in [3.63, 3.8) is 0 Å². The molecule has 2 N–H and O–H groups in total. The molecule has 1 aliphatic rings. The van der Waals surface area contributed by atoms with Gasteiger partial charge in [0.15, 0.2) is 0 Å². The lowest BCUT2D eigenvalue weighted by Gasteiger charge is -2.31.